The van der Waals surface area contributed by atoms with Crippen molar-refractivity contribution < 1.29 is 49.0 Å². The Morgan fingerprint density at radius 3 is 2.05 bits per heavy atom. The molecule has 1 atom stereocenters. The first-order valence-corrected chi connectivity index (χ1v) is 7.75. The van der Waals surface area contributed by atoms with Crippen molar-refractivity contribution in [2.24, 2.45) is 5.73 Å². The summed E-state index contributed by atoms with van der Waals surface area (Å²) in [7, 11) is 0. The van der Waals surface area contributed by atoms with Gasteiger partial charge in [-0.25, -0.2) is 0 Å². The molecule has 0 unspecified atom stereocenters. The van der Waals surface area contributed by atoms with Crippen LogP contribution in [-0.2, 0) is 14.4 Å². The molecule has 6 nitrogen and oxygen atoms in total. The van der Waals surface area contributed by atoms with Crippen LogP contribution in [0.3, 0.4) is 0 Å². The Labute approximate surface area is 154 Å². The molecule has 3 N–H and O–H groups in total. The van der Waals surface area contributed by atoms with Crippen molar-refractivity contribution in [2.75, 3.05) is 0 Å². The van der Waals surface area contributed by atoms with Gasteiger partial charge >= 0.3 is 29.6 Å². The van der Waals surface area contributed by atoms with Crippen LogP contribution >= 0.6 is 0 Å². The molecule has 122 valence electrons. The number of aliphatic carboxylic acids is 1. The van der Waals surface area contributed by atoms with Crippen molar-refractivity contribution >= 4 is 17.8 Å². The van der Waals surface area contributed by atoms with E-state index in [1.165, 1.54) is 25.7 Å². The van der Waals surface area contributed by atoms with Gasteiger partial charge in [0.2, 0.25) is 11.8 Å². The first-order valence-electron chi connectivity index (χ1n) is 7.75. The molecule has 0 aliphatic heterocycles. The number of hydrogen-bond acceptors (Lipinski definition) is 4. The molecular formula is C15H27N2NaO4. The van der Waals surface area contributed by atoms with E-state index in [-0.39, 0.29) is 48.3 Å². The molecule has 0 saturated carbocycles. The van der Waals surface area contributed by atoms with Crippen LogP contribution in [0.4, 0.5) is 0 Å². The van der Waals surface area contributed by atoms with Gasteiger partial charge in [0.1, 0.15) is 0 Å². The second kappa shape index (κ2) is 15.3. The Morgan fingerprint density at radius 1 is 1.00 bits per heavy atom. The molecule has 0 saturated heterocycles. The van der Waals surface area contributed by atoms with E-state index in [4.69, 9.17) is 5.73 Å². The maximum absolute atomic E-state index is 11.6. The second-order valence-corrected chi connectivity index (χ2v) is 5.32. The summed E-state index contributed by atoms with van der Waals surface area (Å²) < 4.78 is 0. The maximum atomic E-state index is 11.6. The summed E-state index contributed by atoms with van der Waals surface area (Å²) in [5.74, 6) is -2.30. The van der Waals surface area contributed by atoms with Crippen LogP contribution in [0.25, 0.3) is 0 Å². The molecule has 0 spiro atoms. The minimum atomic E-state index is -1.39. The van der Waals surface area contributed by atoms with Crippen LogP contribution < -0.4 is 45.7 Å². The summed E-state index contributed by atoms with van der Waals surface area (Å²) in [4.78, 5) is 33.1. The van der Waals surface area contributed by atoms with Crippen molar-refractivity contribution in [3.63, 3.8) is 0 Å². The number of unbranched alkanes of at least 4 members (excludes halogenated alkanes) is 6. The molecule has 0 aliphatic rings. The predicted molar refractivity (Wildman–Crippen MR) is 78.0 cm³/mol. The van der Waals surface area contributed by atoms with Crippen molar-refractivity contribution in [1.29, 1.82) is 0 Å². The molecule has 0 aromatic rings. The Hall–Kier alpha value is -0.590. The standard InChI is InChI=1S/C15H28N2O4.Na/c1-2-3-4-5-6-7-8-9-14(19)17-12(15(20)21)10-11-13(16)18;/h12H,2-11H2,1H3,(H2,16,18)(H,17,19)(H,20,21);/q;+1/p-1/t12-;/m0./s1. The molecule has 0 rings (SSSR count). The zero-order valence-electron chi connectivity index (χ0n) is 13.9. The van der Waals surface area contributed by atoms with Gasteiger partial charge in [-0.3, -0.25) is 9.59 Å². The van der Waals surface area contributed by atoms with Gasteiger partial charge in [0, 0.05) is 12.8 Å². The van der Waals surface area contributed by atoms with Gasteiger partial charge in [0.25, 0.3) is 0 Å². The molecule has 7 heteroatoms. The topological polar surface area (TPSA) is 112 Å². The average molecular weight is 322 g/mol. The van der Waals surface area contributed by atoms with Gasteiger partial charge in [0.15, 0.2) is 0 Å². The van der Waals surface area contributed by atoms with E-state index < -0.39 is 17.9 Å². The number of carboxylic acids is 1. The average Bonchev–Trinajstić information content (AvgIpc) is 2.41. The predicted octanol–water partition coefficient (Wildman–Crippen LogP) is -2.37. The maximum Gasteiger partial charge on any atom is 1.00 e. The number of amides is 2. The Balaban J connectivity index is 0. The van der Waals surface area contributed by atoms with E-state index in [2.05, 4.69) is 12.2 Å². The minimum Gasteiger partial charge on any atom is -0.548 e. The molecule has 0 radical (unpaired) electrons. The van der Waals surface area contributed by atoms with Crippen LogP contribution in [0, 0.1) is 0 Å². The van der Waals surface area contributed by atoms with E-state index in [0.717, 1.165) is 19.3 Å². The van der Waals surface area contributed by atoms with E-state index in [9.17, 15) is 19.5 Å². The van der Waals surface area contributed by atoms with Gasteiger partial charge in [0.05, 0.1) is 12.0 Å². The van der Waals surface area contributed by atoms with Gasteiger partial charge < -0.3 is 21.0 Å². The molecule has 0 bridgehead atoms. The summed E-state index contributed by atoms with van der Waals surface area (Å²) in [5.41, 5.74) is 4.95. The fraction of sp³-hybridized carbons (Fsp3) is 0.800. The van der Waals surface area contributed by atoms with Crippen LogP contribution in [0.2, 0.25) is 0 Å². The first kappa shape index (κ1) is 23.7. The van der Waals surface area contributed by atoms with E-state index in [1.807, 2.05) is 0 Å². The summed E-state index contributed by atoms with van der Waals surface area (Å²) in [5, 5.41) is 13.2. The minimum absolute atomic E-state index is 0. The summed E-state index contributed by atoms with van der Waals surface area (Å²) >= 11 is 0. The molecule has 0 aliphatic carbocycles. The molecule has 0 aromatic heterocycles. The summed E-state index contributed by atoms with van der Waals surface area (Å²) in [6.07, 6.45) is 7.84. The summed E-state index contributed by atoms with van der Waals surface area (Å²) in [6, 6.07) is -1.14. The number of carbonyl (C=O) groups excluding carboxylic acids is 3. The van der Waals surface area contributed by atoms with E-state index in [0.29, 0.717) is 6.42 Å². The third-order valence-corrected chi connectivity index (χ3v) is 3.31. The van der Waals surface area contributed by atoms with Gasteiger partial charge in [-0.15, -0.1) is 0 Å². The molecular weight excluding hydrogens is 295 g/mol. The van der Waals surface area contributed by atoms with Crippen LogP contribution in [-0.4, -0.2) is 23.8 Å². The molecule has 2 amide bonds. The molecule has 0 heterocycles. The summed E-state index contributed by atoms with van der Waals surface area (Å²) in [6.45, 7) is 2.16. The Kier molecular flexibility index (Phi) is 16.5. The number of carboxylic acid groups (broad SMARTS) is 1. The van der Waals surface area contributed by atoms with Crippen LogP contribution in [0.5, 0.6) is 0 Å². The smallest absolute Gasteiger partial charge is 0.548 e. The molecule has 0 fully saturated rings. The normalized spacial score (nSPS) is 11.3. The van der Waals surface area contributed by atoms with Gasteiger partial charge in [-0.05, 0) is 12.8 Å². The molecule has 22 heavy (non-hydrogen) atoms. The monoisotopic (exact) mass is 322 g/mol. The SMILES string of the molecule is CCCCCCCCCC(=O)N[C@@H](CCC(N)=O)C(=O)[O-].[Na+]. The largest absolute Gasteiger partial charge is 1.00 e. The zero-order chi connectivity index (χ0) is 16.1. The number of primary amides is 1. The van der Waals surface area contributed by atoms with E-state index in [1.54, 1.807) is 0 Å². The Bertz CT molecular complexity index is 338. The second-order valence-electron chi connectivity index (χ2n) is 5.32. The van der Waals surface area contributed by atoms with Crippen molar-refractivity contribution in [2.45, 2.75) is 77.2 Å². The first-order chi connectivity index (χ1) is 9.97. The van der Waals surface area contributed by atoms with Crippen molar-refractivity contribution in [1.82, 2.24) is 5.32 Å². The van der Waals surface area contributed by atoms with Crippen molar-refractivity contribution in [3.05, 3.63) is 0 Å². The van der Waals surface area contributed by atoms with Crippen LogP contribution in [0.15, 0.2) is 0 Å². The fourth-order valence-corrected chi connectivity index (χ4v) is 2.04. The van der Waals surface area contributed by atoms with E-state index >= 15 is 0 Å². The fourth-order valence-electron chi connectivity index (χ4n) is 2.04. The number of rotatable bonds is 13. The third-order valence-electron chi connectivity index (χ3n) is 3.31. The number of nitrogens with one attached hydrogen (secondary N) is 1. The third kappa shape index (κ3) is 14.4. The molecule has 0 aromatic carbocycles. The number of carbonyl (C=O) groups is 3. The number of nitrogens with two attached hydrogens (primary N) is 1. The van der Waals surface area contributed by atoms with Gasteiger partial charge in [-0.2, -0.15) is 0 Å². The van der Waals surface area contributed by atoms with Crippen LogP contribution in [0.1, 0.15) is 71.1 Å². The number of hydrogen-bond donors (Lipinski definition) is 2. The van der Waals surface area contributed by atoms with Gasteiger partial charge in [-0.1, -0.05) is 45.4 Å². The quantitative estimate of drug-likeness (QED) is 0.291. The zero-order valence-corrected chi connectivity index (χ0v) is 15.9. The Morgan fingerprint density at radius 2 is 1.55 bits per heavy atom. The van der Waals surface area contributed by atoms with Crippen molar-refractivity contribution in [3.8, 4) is 0 Å².